The summed E-state index contributed by atoms with van der Waals surface area (Å²) in [5.74, 6) is 0.376. The van der Waals surface area contributed by atoms with E-state index in [2.05, 4.69) is 10.6 Å². The number of carboxylic acid groups (broad SMARTS) is 1. The van der Waals surface area contributed by atoms with E-state index >= 15 is 0 Å². The Morgan fingerprint density at radius 2 is 2.15 bits per heavy atom. The second kappa shape index (κ2) is 5.98. The lowest BCUT2D eigenvalue weighted by Gasteiger charge is -2.16. The van der Waals surface area contributed by atoms with Crippen LogP contribution >= 0.6 is 0 Å². The third kappa shape index (κ3) is 3.53. The molecule has 20 heavy (non-hydrogen) atoms. The first kappa shape index (κ1) is 14.4. The standard InChI is InChI=1S/C14H20N2O4/c1-8-3-6-12(20-8)9(2)15-14(19)16-11-5-4-10(7-11)13(17)18/h3,6,9-11H,4-5,7H2,1-2H3,(H,17,18)(H2,15,16,19). The van der Waals surface area contributed by atoms with Gasteiger partial charge >= 0.3 is 12.0 Å². The Hall–Kier alpha value is -1.98. The summed E-state index contributed by atoms with van der Waals surface area (Å²) < 4.78 is 5.44. The largest absolute Gasteiger partial charge is 0.481 e. The molecule has 0 bridgehead atoms. The van der Waals surface area contributed by atoms with Crippen molar-refractivity contribution in [3.63, 3.8) is 0 Å². The lowest BCUT2D eigenvalue weighted by atomic mass is 10.1. The molecule has 3 atom stereocenters. The summed E-state index contributed by atoms with van der Waals surface area (Å²) in [7, 11) is 0. The predicted octanol–water partition coefficient (Wildman–Crippen LogP) is 2.20. The number of nitrogens with one attached hydrogen (secondary N) is 2. The summed E-state index contributed by atoms with van der Waals surface area (Å²) in [6.07, 6.45) is 1.82. The van der Waals surface area contributed by atoms with Gasteiger partial charge in [-0.05, 0) is 45.2 Å². The topological polar surface area (TPSA) is 91.6 Å². The third-order valence-corrected chi connectivity index (χ3v) is 3.65. The zero-order chi connectivity index (χ0) is 14.7. The van der Waals surface area contributed by atoms with Crippen LogP contribution in [0, 0.1) is 12.8 Å². The highest BCUT2D eigenvalue weighted by Crippen LogP contribution is 2.25. The number of hydrogen-bond donors (Lipinski definition) is 3. The highest BCUT2D eigenvalue weighted by atomic mass is 16.4. The van der Waals surface area contributed by atoms with Gasteiger partial charge in [-0.2, -0.15) is 0 Å². The SMILES string of the molecule is Cc1ccc(C(C)NC(=O)NC2CCC(C(=O)O)C2)o1. The van der Waals surface area contributed by atoms with Gasteiger partial charge in [0.15, 0.2) is 0 Å². The van der Waals surface area contributed by atoms with Gasteiger partial charge in [-0.1, -0.05) is 0 Å². The number of aryl methyl sites for hydroxylation is 1. The molecule has 1 aliphatic rings. The molecule has 6 nitrogen and oxygen atoms in total. The fourth-order valence-corrected chi connectivity index (χ4v) is 2.52. The molecule has 2 amide bonds. The molecule has 3 unspecified atom stereocenters. The van der Waals surface area contributed by atoms with E-state index in [0.29, 0.717) is 25.0 Å². The first-order chi connectivity index (χ1) is 9.45. The first-order valence-corrected chi connectivity index (χ1v) is 6.82. The molecule has 2 rings (SSSR count). The van der Waals surface area contributed by atoms with E-state index < -0.39 is 5.97 Å². The Balaban J connectivity index is 1.80. The number of hydrogen-bond acceptors (Lipinski definition) is 3. The van der Waals surface area contributed by atoms with Crippen LogP contribution in [0.1, 0.15) is 43.7 Å². The number of furan rings is 1. The number of aliphatic carboxylic acids is 1. The molecule has 3 N–H and O–H groups in total. The molecule has 0 radical (unpaired) electrons. The van der Waals surface area contributed by atoms with Gasteiger partial charge in [-0.25, -0.2) is 4.79 Å². The maximum atomic E-state index is 11.9. The van der Waals surface area contributed by atoms with Gasteiger partial charge in [0, 0.05) is 6.04 Å². The van der Waals surface area contributed by atoms with Crippen LogP contribution in [0.2, 0.25) is 0 Å². The van der Waals surface area contributed by atoms with E-state index in [1.165, 1.54) is 0 Å². The summed E-state index contributed by atoms with van der Waals surface area (Å²) in [5.41, 5.74) is 0. The van der Waals surface area contributed by atoms with E-state index in [4.69, 9.17) is 9.52 Å². The Labute approximate surface area is 117 Å². The summed E-state index contributed by atoms with van der Waals surface area (Å²) in [5, 5.41) is 14.5. The Bertz CT molecular complexity index is 497. The maximum Gasteiger partial charge on any atom is 0.315 e. The second-order valence-electron chi connectivity index (χ2n) is 5.33. The minimum atomic E-state index is -0.783. The molecule has 1 aliphatic carbocycles. The van der Waals surface area contributed by atoms with Crippen molar-refractivity contribution in [2.45, 2.75) is 45.2 Å². The van der Waals surface area contributed by atoms with Crippen LogP contribution in [-0.4, -0.2) is 23.1 Å². The Morgan fingerprint density at radius 1 is 1.40 bits per heavy atom. The van der Waals surface area contributed by atoms with Gasteiger partial charge in [0.05, 0.1) is 12.0 Å². The lowest BCUT2D eigenvalue weighted by molar-refractivity contribution is -0.141. The molecule has 0 aromatic carbocycles. The molecule has 0 saturated heterocycles. The molecule has 1 heterocycles. The van der Waals surface area contributed by atoms with E-state index in [-0.39, 0.29) is 24.0 Å². The minimum absolute atomic E-state index is 0.0679. The number of carboxylic acids is 1. The van der Waals surface area contributed by atoms with Gasteiger partial charge < -0.3 is 20.2 Å². The molecule has 1 fully saturated rings. The van der Waals surface area contributed by atoms with Crippen molar-refractivity contribution >= 4 is 12.0 Å². The van der Waals surface area contributed by atoms with Crippen LogP contribution in [-0.2, 0) is 4.79 Å². The zero-order valence-corrected chi connectivity index (χ0v) is 11.7. The van der Waals surface area contributed by atoms with E-state index in [1.807, 2.05) is 26.0 Å². The van der Waals surface area contributed by atoms with Crippen LogP contribution in [0.15, 0.2) is 16.5 Å². The van der Waals surface area contributed by atoms with E-state index in [0.717, 1.165) is 5.76 Å². The van der Waals surface area contributed by atoms with Crippen LogP contribution < -0.4 is 10.6 Å². The predicted molar refractivity (Wildman–Crippen MR) is 72.3 cm³/mol. The fourth-order valence-electron chi connectivity index (χ4n) is 2.52. The van der Waals surface area contributed by atoms with E-state index in [9.17, 15) is 9.59 Å². The summed E-state index contributed by atoms with van der Waals surface area (Å²) in [4.78, 5) is 22.7. The molecule has 1 aromatic rings. The average Bonchev–Trinajstić information content (AvgIpc) is 2.98. The van der Waals surface area contributed by atoms with Gasteiger partial charge in [-0.15, -0.1) is 0 Å². The van der Waals surface area contributed by atoms with Crippen molar-refractivity contribution in [2.75, 3.05) is 0 Å². The zero-order valence-electron chi connectivity index (χ0n) is 11.7. The second-order valence-corrected chi connectivity index (χ2v) is 5.33. The third-order valence-electron chi connectivity index (χ3n) is 3.65. The molecular formula is C14H20N2O4. The number of amides is 2. The summed E-state index contributed by atoms with van der Waals surface area (Å²) in [6, 6.07) is 3.10. The molecule has 0 spiro atoms. The van der Waals surface area contributed by atoms with E-state index in [1.54, 1.807) is 0 Å². The van der Waals surface area contributed by atoms with Gasteiger partial charge in [0.2, 0.25) is 0 Å². The Kier molecular flexibility index (Phi) is 4.32. The quantitative estimate of drug-likeness (QED) is 0.788. The van der Waals surface area contributed by atoms with Crippen molar-refractivity contribution in [3.8, 4) is 0 Å². The molecule has 1 saturated carbocycles. The molecule has 110 valence electrons. The van der Waals surface area contributed by atoms with Crippen molar-refractivity contribution in [3.05, 3.63) is 23.7 Å². The Morgan fingerprint density at radius 3 is 2.70 bits per heavy atom. The maximum absolute atomic E-state index is 11.9. The van der Waals surface area contributed by atoms with Crippen molar-refractivity contribution in [1.29, 1.82) is 0 Å². The molecule has 0 aliphatic heterocycles. The first-order valence-electron chi connectivity index (χ1n) is 6.82. The van der Waals surface area contributed by atoms with Gasteiger partial charge in [0.25, 0.3) is 0 Å². The number of rotatable bonds is 4. The highest BCUT2D eigenvalue weighted by molar-refractivity contribution is 5.75. The molecule has 6 heteroatoms. The van der Waals surface area contributed by atoms with Crippen LogP contribution in [0.5, 0.6) is 0 Å². The van der Waals surface area contributed by atoms with Gasteiger partial charge in [-0.3, -0.25) is 4.79 Å². The fraction of sp³-hybridized carbons (Fsp3) is 0.571. The lowest BCUT2D eigenvalue weighted by Crippen LogP contribution is -2.42. The van der Waals surface area contributed by atoms with Gasteiger partial charge in [0.1, 0.15) is 11.5 Å². The average molecular weight is 280 g/mol. The monoisotopic (exact) mass is 280 g/mol. The summed E-state index contributed by atoms with van der Waals surface area (Å²) in [6.45, 7) is 3.69. The molecule has 1 aromatic heterocycles. The smallest absolute Gasteiger partial charge is 0.315 e. The van der Waals surface area contributed by atoms with Crippen LogP contribution in [0.25, 0.3) is 0 Å². The number of carbonyl (C=O) groups is 2. The van der Waals surface area contributed by atoms with Crippen molar-refractivity contribution in [2.24, 2.45) is 5.92 Å². The number of urea groups is 1. The van der Waals surface area contributed by atoms with Crippen LogP contribution in [0.3, 0.4) is 0 Å². The van der Waals surface area contributed by atoms with Crippen molar-refractivity contribution < 1.29 is 19.1 Å². The van der Waals surface area contributed by atoms with Crippen molar-refractivity contribution in [1.82, 2.24) is 10.6 Å². The minimum Gasteiger partial charge on any atom is -0.481 e. The number of carbonyl (C=O) groups excluding carboxylic acids is 1. The normalized spacial score (nSPS) is 23.3. The molecular weight excluding hydrogens is 260 g/mol. The summed E-state index contributed by atoms with van der Waals surface area (Å²) >= 11 is 0. The van der Waals surface area contributed by atoms with Crippen LogP contribution in [0.4, 0.5) is 4.79 Å². The highest BCUT2D eigenvalue weighted by Gasteiger charge is 2.30.